The molecule has 1 aliphatic carbocycles. The van der Waals surface area contributed by atoms with E-state index in [2.05, 4.69) is 0 Å². The van der Waals surface area contributed by atoms with Crippen molar-refractivity contribution < 1.29 is 13.2 Å². The van der Waals surface area contributed by atoms with Crippen LogP contribution in [0.3, 0.4) is 0 Å². The van der Waals surface area contributed by atoms with E-state index in [1.807, 2.05) is 0 Å². The third-order valence-corrected chi connectivity index (χ3v) is 6.21. The second-order valence-electron chi connectivity index (χ2n) is 5.55. The largest absolute Gasteiger partial charge is 0.495 e. The summed E-state index contributed by atoms with van der Waals surface area (Å²) in [6, 6.07) is 5.04. The Bertz CT molecular complexity index is 583. The first-order valence-corrected chi connectivity index (χ1v) is 9.15. The minimum Gasteiger partial charge on any atom is -0.495 e. The number of nitrogens with zero attached hydrogens (tertiary/aromatic N) is 1. The van der Waals surface area contributed by atoms with E-state index in [1.165, 1.54) is 24.3 Å². The van der Waals surface area contributed by atoms with E-state index in [9.17, 15) is 8.42 Å². The number of hydrogen-bond donors (Lipinski definition) is 0. The molecule has 118 valence electrons. The van der Waals surface area contributed by atoms with Gasteiger partial charge < -0.3 is 4.74 Å². The van der Waals surface area contributed by atoms with E-state index in [0.717, 1.165) is 18.4 Å². The molecule has 1 aromatic rings. The Morgan fingerprint density at radius 2 is 2.00 bits per heavy atom. The van der Waals surface area contributed by atoms with Gasteiger partial charge in [-0.3, -0.25) is 0 Å². The van der Waals surface area contributed by atoms with Crippen molar-refractivity contribution in [3.8, 4) is 5.75 Å². The van der Waals surface area contributed by atoms with Gasteiger partial charge in [0.2, 0.25) is 10.0 Å². The zero-order valence-electron chi connectivity index (χ0n) is 12.5. The van der Waals surface area contributed by atoms with Crippen LogP contribution in [0.15, 0.2) is 23.1 Å². The predicted molar refractivity (Wildman–Crippen MR) is 84.3 cm³/mol. The van der Waals surface area contributed by atoms with Crippen molar-refractivity contribution in [1.29, 1.82) is 0 Å². The SMILES string of the molecule is COc1ccc(CCl)cc1S(=O)(=O)N(C)CC1CCCC1. The Morgan fingerprint density at radius 3 is 2.57 bits per heavy atom. The topological polar surface area (TPSA) is 46.6 Å². The lowest BCUT2D eigenvalue weighted by Gasteiger charge is -2.22. The van der Waals surface area contributed by atoms with Crippen LogP contribution in [0.25, 0.3) is 0 Å². The van der Waals surface area contributed by atoms with Gasteiger partial charge in [-0.25, -0.2) is 12.7 Å². The summed E-state index contributed by atoms with van der Waals surface area (Å²) in [4.78, 5) is 0.198. The van der Waals surface area contributed by atoms with Crippen LogP contribution in [0.5, 0.6) is 5.75 Å². The third kappa shape index (κ3) is 3.71. The van der Waals surface area contributed by atoms with Crippen LogP contribution in [0, 0.1) is 5.92 Å². The van der Waals surface area contributed by atoms with E-state index in [4.69, 9.17) is 16.3 Å². The molecule has 0 N–H and O–H groups in total. The second-order valence-corrected chi connectivity index (χ2v) is 7.84. The standard InChI is InChI=1S/C15H22ClNO3S/c1-17(11-12-5-3-4-6-12)21(18,19)15-9-13(10-16)7-8-14(15)20-2/h7-9,12H,3-6,10-11H2,1-2H3. The zero-order chi connectivity index (χ0) is 15.5. The highest BCUT2D eigenvalue weighted by Crippen LogP contribution is 2.31. The molecule has 1 aromatic carbocycles. The van der Waals surface area contributed by atoms with E-state index in [-0.39, 0.29) is 10.8 Å². The van der Waals surface area contributed by atoms with E-state index >= 15 is 0 Å². The number of rotatable bonds is 6. The van der Waals surface area contributed by atoms with Crippen molar-refractivity contribution in [3.63, 3.8) is 0 Å². The van der Waals surface area contributed by atoms with E-state index in [1.54, 1.807) is 25.2 Å². The number of ether oxygens (including phenoxy) is 1. The van der Waals surface area contributed by atoms with Crippen molar-refractivity contribution in [3.05, 3.63) is 23.8 Å². The first-order valence-electron chi connectivity index (χ1n) is 7.18. The molecule has 0 bridgehead atoms. The highest BCUT2D eigenvalue weighted by Gasteiger charge is 2.28. The molecule has 1 fully saturated rings. The Balaban J connectivity index is 2.28. The summed E-state index contributed by atoms with van der Waals surface area (Å²) in [5, 5.41) is 0. The van der Waals surface area contributed by atoms with Crippen LogP contribution >= 0.6 is 11.6 Å². The fraction of sp³-hybridized carbons (Fsp3) is 0.600. The predicted octanol–water partition coefficient (Wildman–Crippen LogP) is 3.24. The maximum Gasteiger partial charge on any atom is 0.246 e. The summed E-state index contributed by atoms with van der Waals surface area (Å²) in [6.07, 6.45) is 4.62. The van der Waals surface area contributed by atoms with Crippen LogP contribution in [0.4, 0.5) is 0 Å². The van der Waals surface area contributed by atoms with Gasteiger partial charge in [0.15, 0.2) is 0 Å². The molecule has 0 aromatic heterocycles. The first-order chi connectivity index (χ1) is 9.98. The Morgan fingerprint density at radius 1 is 1.33 bits per heavy atom. The molecular weight excluding hydrogens is 310 g/mol. The minimum atomic E-state index is -3.55. The van der Waals surface area contributed by atoms with Gasteiger partial charge in [0, 0.05) is 19.5 Å². The molecule has 1 saturated carbocycles. The second kappa shape index (κ2) is 6.99. The average molecular weight is 332 g/mol. The summed E-state index contributed by atoms with van der Waals surface area (Å²) in [7, 11) is -0.435. The summed E-state index contributed by atoms with van der Waals surface area (Å²) in [5.41, 5.74) is 0.769. The van der Waals surface area contributed by atoms with Crippen molar-refractivity contribution in [2.45, 2.75) is 36.5 Å². The summed E-state index contributed by atoms with van der Waals surface area (Å²) < 4.78 is 32.2. The molecule has 0 heterocycles. The maximum absolute atomic E-state index is 12.8. The zero-order valence-corrected chi connectivity index (χ0v) is 14.1. The van der Waals surface area contributed by atoms with Crippen LogP contribution < -0.4 is 4.74 Å². The Kier molecular flexibility index (Phi) is 5.52. The maximum atomic E-state index is 12.8. The van der Waals surface area contributed by atoms with Crippen LogP contribution in [-0.2, 0) is 15.9 Å². The van der Waals surface area contributed by atoms with E-state index < -0.39 is 10.0 Å². The van der Waals surface area contributed by atoms with Crippen LogP contribution in [0.1, 0.15) is 31.2 Å². The molecule has 4 nitrogen and oxygen atoms in total. The number of alkyl halides is 1. The van der Waals surface area contributed by atoms with Crippen molar-refractivity contribution in [2.75, 3.05) is 20.7 Å². The molecule has 21 heavy (non-hydrogen) atoms. The highest BCUT2D eigenvalue weighted by molar-refractivity contribution is 7.89. The minimum absolute atomic E-state index is 0.198. The van der Waals surface area contributed by atoms with Crippen LogP contribution in [0.2, 0.25) is 0 Å². The quantitative estimate of drug-likeness (QED) is 0.752. The van der Waals surface area contributed by atoms with Gasteiger partial charge in [-0.15, -0.1) is 11.6 Å². The Hall–Kier alpha value is -0.780. The lowest BCUT2D eigenvalue weighted by atomic mass is 10.1. The molecule has 2 rings (SSSR count). The molecular formula is C15H22ClNO3S. The Labute approximate surface area is 132 Å². The molecule has 0 saturated heterocycles. The average Bonchev–Trinajstić information content (AvgIpc) is 2.99. The summed E-state index contributed by atoms with van der Waals surface area (Å²) >= 11 is 5.81. The molecule has 6 heteroatoms. The lowest BCUT2D eigenvalue weighted by molar-refractivity contribution is 0.377. The third-order valence-electron chi connectivity index (χ3n) is 4.06. The molecule has 0 atom stereocenters. The molecule has 0 unspecified atom stereocenters. The first kappa shape index (κ1) is 16.6. The molecule has 0 aliphatic heterocycles. The van der Waals surface area contributed by atoms with Crippen molar-refractivity contribution in [2.24, 2.45) is 5.92 Å². The van der Waals surface area contributed by atoms with Crippen LogP contribution in [-0.4, -0.2) is 33.4 Å². The number of hydrogen-bond acceptors (Lipinski definition) is 3. The highest BCUT2D eigenvalue weighted by atomic mass is 35.5. The number of halogens is 1. The van der Waals surface area contributed by atoms with Gasteiger partial charge in [0.1, 0.15) is 10.6 Å². The van der Waals surface area contributed by atoms with Gasteiger partial charge in [-0.05, 0) is 36.5 Å². The fourth-order valence-corrected chi connectivity index (χ4v) is 4.44. The lowest BCUT2D eigenvalue weighted by Crippen LogP contribution is -2.31. The van der Waals surface area contributed by atoms with Gasteiger partial charge in [-0.2, -0.15) is 0 Å². The number of sulfonamides is 1. The normalized spacial score (nSPS) is 16.6. The number of methoxy groups -OCH3 is 1. The monoisotopic (exact) mass is 331 g/mol. The van der Waals surface area contributed by atoms with Crippen molar-refractivity contribution >= 4 is 21.6 Å². The van der Waals surface area contributed by atoms with Gasteiger partial charge >= 0.3 is 0 Å². The van der Waals surface area contributed by atoms with Gasteiger partial charge in [0.25, 0.3) is 0 Å². The molecule has 1 aliphatic rings. The van der Waals surface area contributed by atoms with Crippen molar-refractivity contribution in [1.82, 2.24) is 4.31 Å². The molecule has 0 spiro atoms. The van der Waals surface area contributed by atoms with Gasteiger partial charge in [0.05, 0.1) is 7.11 Å². The molecule has 0 radical (unpaired) electrons. The van der Waals surface area contributed by atoms with Gasteiger partial charge in [-0.1, -0.05) is 18.9 Å². The smallest absolute Gasteiger partial charge is 0.246 e. The number of benzene rings is 1. The molecule has 0 amide bonds. The summed E-state index contributed by atoms with van der Waals surface area (Å²) in [6.45, 7) is 0.566. The van der Waals surface area contributed by atoms with E-state index in [0.29, 0.717) is 18.2 Å². The summed E-state index contributed by atoms with van der Waals surface area (Å²) in [5.74, 6) is 1.10. The fourth-order valence-electron chi connectivity index (χ4n) is 2.83.